The Morgan fingerprint density at radius 1 is 1.50 bits per heavy atom. The monoisotopic (exact) mass is 161 g/mol. The van der Waals surface area contributed by atoms with Crippen molar-refractivity contribution in [3.63, 3.8) is 0 Å². The van der Waals surface area contributed by atoms with Gasteiger partial charge in [0.1, 0.15) is 0 Å². The molecule has 3 heteroatoms. The van der Waals surface area contributed by atoms with E-state index in [1.54, 1.807) is 6.20 Å². The summed E-state index contributed by atoms with van der Waals surface area (Å²) in [5.41, 5.74) is 7.70. The lowest BCUT2D eigenvalue weighted by Gasteiger charge is -1.99. The van der Waals surface area contributed by atoms with Gasteiger partial charge in [-0.3, -0.25) is 4.98 Å². The fraction of sp³-hybridized carbons (Fsp3) is 0.222. The molecule has 0 aromatic carbocycles. The molecule has 0 saturated carbocycles. The van der Waals surface area contributed by atoms with Crippen molar-refractivity contribution in [1.29, 1.82) is 0 Å². The Balaban J connectivity index is 2.81. The Morgan fingerprint density at radius 2 is 2.33 bits per heavy atom. The van der Waals surface area contributed by atoms with Crippen LogP contribution in [0.15, 0.2) is 24.5 Å². The molecule has 2 rings (SSSR count). The van der Waals surface area contributed by atoms with E-state index < -0.39 is 0 Å². The van der Waals surface area contributed by atoms with E-state index in [-0.39, 0.29) is 0 Å². The SMILES string of the molecule is Cn1ccc2c(CN)nccc21. The van der Waals surface area contributed by atoms with Crippen molar-refractivity contribution in [1.82, 2.24) is 9.55 Å². The van der Waals surface area contributed by atoms with Crippen LogP contribution in [0.1, 0.15) is 5.69 Å². The molecular formula is C9H11N3. The largest absolute Gasteiger partial charge is 0.350 e. The molecule has 0 radical (unpaired) electrons. The van der Waals surface area contributed by atoms with Crippen LogP contribution in [0.3, 0.4) is 0 Å². The third kappa shape index (κ3) is 0.905. The van der Waals surface area contributed by atoms with Crippen LogP contribution in [0, 0.1) is 0 Å². The second kappa shape index (κ2) is 2.60. The zero-order chi connectivity index (χ0) is 8.55. The van der Waals surface area contributed by atoms with E-state index >= 15 is 0 Å². The molecule has 2 heterocycles. The summed E-state index contributed by atoms with van der Waals surface area (Å²) >= 11 is 0. The highest BCUT2D eigenvalue weighted by Gasteiger charge is 2.01. The fourth-order valence-electron chi connectivity index (χ4n) is 1.42. The third-order valence-electron chi connectivity index (χ3n) is 2.09. The summed E-state index contributed by atoms with van der Waals surface area (Å²) in [4.78, 5) is 4.20. The van der Waals surface area contributed by atoms with Crippen molar-refractivity contribution in [3.05, 3.63) is 30.2 Å². The number of aryl methyl sites for hydroxylation is 1. The normalized spacial score (nSPS) is 10.8. The summed E-state index contributed by atoms with van der Waals surface area (Å²) in [6.07, 6.45) is 3.82. The van der Waals surface area contributed by atoms with E-state index in [0.717, 1.165) is 11.1 Å². The number of nitrogens with two attached hydrogens (primary N) is 1. The standard InChI is InChI=1S/C9H11N3/c1-12-5-3-7-8(6-10)11-4-2-9(7)12/h2-5H,6,10H2,1H3. The molecule has 2 N–H and O–H groups in total. The lowest BCUT2D eigenvalue weighted by Crippen LogP contribution is -1.99. The zero-order valence-electron chi connectivity index (χ0n) is 6.99. The topological polar surface area (TPSA) is 43.8 Å². The summed E-state index contributed by atoms with van der Waals surface area (Å²) in [6, 6.07) is 4.04. The second-order valence-electron chi connectivity index (χ2n) is 2.82. The molecule has 0 aliphatic carbocycles. The number of pyridine rings is 1. The molecule has 12 heavy (non-hydrogen) atoms. The molecule has 0 atom stereocenters. The average Bonchev–Trinajstić information content (AvgIpc) is 2.48. The average molecular weight is 161 g/mol. The Bertz CT molecular complexity index is 403. The summed E-state index contributed by atoms with van der Waals surface area (Å²) < 4.78 is 2.07. The lowest BCUT2D eigenvalue weighted by atomic mass is 10.2. The highest BCUT2D eigenvalue weighted by Crippen LogP contribution is 2.16. The molecule has 0 spiro atoms. The number of nitrogens with zero attached hydrogens (tertiary/aromatic N) is 2. The number of hydrogen-bond donors (Lipinski definition) is 1. The first-order chi connectivity index (χ1) is 5.83. The van der Waals surface area contributed by atoms with Crippen LogP contribution in [0.2, 0.25) is 0 Å². The van der Waals surface area contributed by atoms with Gasteiger partial charge in [0.2, 0.25) is 0 Å². The van der Waals surface area contributed by atoms with E-state index in [1.165, 1.54) is 5.52 Å². The van der Waals surface area contributed by atoms with Crippen LogP contribution in [-0.2, 0) is 13.6 Å². The maximum atomic E-state index is 5.55. The van der Waals surface area contributed by atoms with Gasteiger partial charge in [-0.05, 0) is 12.1 Å². The molecule has 0 amide bonds. The lowest BCUT2D eigenvalue weighted by molar-refractivity contribution is 0.962. The molecule has 2 aromatic heterocycles. The Labute approximate surface area is 70.8 Å². The Hall–Kier alpha value is -1.35. The maximum absolute atomic E-state index is 5.55. The van der Waals surface area contributed by atoms with Gasteiger partial charge in [-0.25, -0.2) is 0 Å². The highest BCUT2D eigenvalue weighted by atomic mass is 14.9. The van der Waals surface area contributed by atoms with E-state index in [2.05, 4.69) is 9.55 Å². The Kier molecular flexibility index (Phi) is 1.59. The minimum atomic E-state index is 0.501. The van der Waals surface area contributed by atoms with Crippen molar-refractivity contribution in [2.45, 2.75) is 6.54 Å². The van der Waals surface area contributed by atoms with Crippen molar-refractivity contribution >= 4 is 10.9 Å². The summed E-state index contributed by atoms with van der Waals surface area (Å²) in [6.45, 7) is 0.501. The molecule has 62 valence electrons. The molecule has 0 aliphatic heterocycles. The molecule has 0 saturated heterocycles. The quantitative estimate of drug-likeness (QED) is 0.679. The van der Waals surface area contributed by atoms with Crippen LogP contribution in [0.4, 0.5) is 0 Å². The van der Waals surface area contributed by atoms with Gasteiger partial charge in [0.05, 0.1) is 11.2 Å². The number of hydrogen-bond acceptors (Lipinski definition) is 2. The summed E-state index contributed by atoms with van der Waals surface area (Å²) in [5, 5.41) is 1.16. The maximum Gasteiger partial charge on any atom is 0.0633 e. The van der Waals surface area contributed by atoms with Gasteiger partial charge < -0.3 is 10.3 Å². The van der Waals surface area contributed by atoms with E-state index in [1.807, 2.05) is 25.4 Å². The van der Waals surface area contributed by atoms with E-state index in [0.29, 0.717) is 6.54 Å². The van der Waals surface area contributed by atoms with Crippen LogP contribution in [0.25, 0.3) is 10.9 Å². The predicted molar refractivity (Wildman–Crippen MR) is 48.6 cm³/mol. The van der Waals surface area contributed by atoms with Gasteiger partial charge in [0.25, 0.3) is 0 Å². The van der Waals surface area contributed by atoms with Crippen molar-refractivity contribution in [3.8, 4) is 0 Å². The van der Waals surface area contributed by atoms with Crippen LogP contribution < -0.4 is 5.73 Å². The second-order valence-corrected chi connectivity index (χ2v) is 2.82. The van der Waals surface area contributed by atoms with Gasteiger partial charge in [-0.15, -0.1) is 0 Å². The van der Waals surface area contributed by atoms with Gasteiger partial charge in [-0.1, -0.05) is 0 Å². The third-order valence-corrected chi connectivity index (χ3v) is 2.09. The minimum Gasteiger partial charge on any atom is -0.350 e. The van der Waals surface area contributed by atoms with Gasteiger partial charge in [0.15, 0.2) is 0 Å². The van der Waals surface area contributed by atoms with Crippen LogP contribution in [-0.4, -0.2) is 9.55 Å². The van der Waals surface area contributed by atoms with Crippen molar-refractivity contribution < 1.29 is 0 Å². The molecular weight excluding hydrogens is 150 g/mol. The van der Waals surface area contributed by atoms with Gasteiger partial charge in [0, 0.05) is 31.4 Å². The predicted octanol–water partition coefficient (Wildman–Crippen LogP) is 1.03. The van der Waals surface area contributed by atoms with Gasteiger partial charge >= 0.3 is 0 Å². The molecule has 3 nitrogen and oxygen atoms in total. The van der Waals surface area contributed by atoms with Crippen LogP contribution >= 0.6 is 0 Å². The first-order valence-corrected chi connectivity index (χ1v) is 3.92. The smallest absolute Gasteiger partial charge is 0.0633 e. The fourth-order valence-corrected chi connectivity index (χ4v) is 1.42. The van der Waals surface area contributed by atoms with Crippen molar-refractivity contribution in [2.24, 2.45) is 12.8 Å². The van der Waals surface area contributed by atoms with Crippen molar-refractivity contribution in [2.75, 3.05) is 0 Å². The number of rotatable bonds is 1. The van der Waals surface area contributed by atoms with E-state index in [9.17, 15) is 0 Å². The minimum absolute atomic E-state index is 0.501. The molecule has 0 unspecified atom stereocenters. The first kappa shape index (κ1) is 7.31. The number of aromatic nitrogens is 2. The van der Waals surface area contributed by atoms with Gasteiger partial charge in [-0.2, -0.15) is 0 Å². The zero-order valence-corrected chi connectivity index (χ0v) is 6.99. The molecule has 0 aliphatic rings. The van der Waals surface area contributed by atoms with Crippen LogP contribution in [0.5, 0.6) is 0 Å². The summed E-state index contributed by atoms with van der Waals surface area (Å²) in [5.74, 6) is 0. The highest BCUT2D eigenvalue weighted by molar-refractivity contribution is 5.82. The molecule has 0 fully saturated rings. The van der Waals surface area contributed by atoms with E-state index in [4.69, 9.17) is 5.73 Å². The first-order valence-electron chi connectivity index (χ1n) is 3.92. The number of fused-ring (bicyclic) bond motifs is 1. The molecule has 2 aromatic rings. The summed E-state index contributed by atoms with van der Waals surface area (Å²) in [7, 11) is 2.02. The Morgan fingerprint density at radius 3 is 3.08 bits per heavy atom. The molecule has 0 bridgehead atoms.